The van der Waals surface area contributed by atoms with Gasteiger partial charge in [0.1, 0.15) is 6.07 Å². The Morgan fingerprint density at radius 2 is 2.16 bits per heavy atom. The summed E-state index contributed by atoms with van der Waals surface area (Å²) < 4.78 is 0. The van der Waals surface area contributed by atoms with E-state index in [-0.39, 0.29) is 5.56 Å². The number of carbonyl (C=O) groups is 1. The van der Waals surface area contributed by atoms with Crippen molar-refractivity contribution in [3.8, 4) is 12.1 Å². The zero-order valence-corrected chi connectivity index (χ0v) is 10.3. The van der Waals surface area contributed by atoms with E-state index in [0.29, 0.717) is 24.6 Å². The van der Waals surface area contributed by atoms with E-state index >= 15 is 0 Å². The van der Waals surface area contributed by atoms with E-state index in [4.69, 9.17) is 15.6 Å². The summed E-state index contributed by atoms with van der Waals surface area (Å²) in [6.45, 7) is 0.572. The Morgan fingerprint density at radius 3 is 2.68 bits per heavy atom. The smallest absolute Gasteiger partial charge is 0.335 e. The Morgan fingerprint density at radius 1 is 1.42 bits per heavy atom. The monoisotopic (exact) mass is 255 g/mol. The van der Waals surface area contributed by atoms with Gasteiger partial charge < -0.3 is 10.0 Å². The highest BCUT2D eigenvalue weighted by Gasteiger charge is 2.30. The highest BCUT2D eigenvalue weighted by atomic mass is 16.4. The average Bonchev–Trinajstić information content (AvgIpc) is 3.23. The summed E-state index contributed by atoms with van der Waals surface area (Å²) in [5, 5.41) is 26.8. The molecule has 1 aromatic rings. The Balaban J connectivity index is 2.34. The van der Waals surface area contributed by atoms with Crippen LogP contribution in [0.1, 0.15) is 35.2 Å². The molecule has 0 unspecified atom stereocenters. The van der Waals surface area contributed by atoms with Crippen molar-refractivity contribution in [3.63, 3.8) is 0 Å². The molecule has 0 spiro atoms. The molecule has 0 atom stereocenters. The molecular weight excluding hydrogens is 242 g/mol. The summed E-state index contributed by atoms with van der Waals surface area (Å²) in [6.07, 6.45) is 2.50. The van der Waals surface area contributed by atoms with Crippen LogP contribution in [0.4, 0.5) is 5.69 Å². The van der Waals surface area contributed by atoms with Crippen LogP contribution in [-0.4, -0.2) is 23.7 Å². The second kappa shape index (κ2) is 5.41. The van der Waals surface area contributed by atoms with E-state index in [1.807, 2.05) is 11.0 Å². The highest BCUT2D eigenvalue weighted by molar-refractivity contribution is 5.89. The lowest BCUT2D eigenvalue weighted by Gasteiger charge is -2.24. The first-order valence-corrected chi connectivity index (χ1v) is 6.08. The second-order valence-corrected chi connectivity index (χ2v) is 4.48. The van der Waals surface area contributed by atoms with Gasteiger partial charge in [-0.25, -0.2) is 4.79 Å². The largest absolute Gasteiger partial charge is 0.478 e. The fraction of sp³-hybridized carbons (Fsp3) is 0.357. The third-order valence-electron chi connectivity index (χ3n) is 3.13. The molecular formula is C14H13N3O2. The average molecular weight is 255 g/mol. The summed E-state index contributed by atoms with van der Waals surface area (Å²) in [5.41, 5.74) is 1.19. The van der Waals surface area contributed by atoms with Gasteiger partial charge >= 0.3 is 5.97 Å². The number of hydrogen-bond acceptors (Lipinski definition) is 4. The Kier molecular flexibility index (Phi) is 3.68. The van der Waals surface area contributed by atoms with Crippen LogP contribution in [0.5, 0.6) is 0 Å². The number of aromatic carboxylic acids is 1. The summed E-state index contributed by atoms with van der Waals surface area (Å²) in [4.78, 5) is 12.9. The van der Waals surface area contributed by atoms with Crippen LogP contribution in [0.15, 0.2) is 18.2 Å². The number of hydrogen-bond donors (Lipinski definition) is 1. The Bertz CT molecular complexity index is 579. The lowest BCUT2D eigenvalue weighted by molar-refractivity contribution is 0.0697. The first kappa shape index (κ1) is 12.9. The fourth-order valence-electron chi connectivity index (χ4n) is 2.07. The predicted octanol–water partition coefficient (Wildman–Crippen LogP) is 2.14. The quantitative estimate of drug-likeness (QED) is 0.870. The van der Waals surface area contributed by atoms with Crippen molar-refractivity contribution in [2.45, 2.75) is 25.3 Å². The van der Waals surface area contributed by atoms with Crippen LogP contribution in [0.25, 0.3) is 0 Å². The van der Waals surface area contributed by atoms with Crippen LogP contribution in [0.3, 0.4) is 0 Å². The van der Waals surface area contributed by atoms with E-state index in [2.05, 4.69) is 6.07 Å². The first-order valence-electron chi connectivity index (χ1n) is 6.08. The van der Waals surface area contributed by atoms with Gasteiger partial charge in [0.05, 0.1) is 29.3 Å². The van der Waals surface area contributed by atoms with Gasteiger partial charge in [0, 0.05) is 12.6 Å². The minimum atomic E-state index is -1.04. The van der Waals surface area contributed by atoms with Crippen molar-refractivity contribution in [2.24, 2.45) is 0 Å². The first-order chi connectivity index (χ1) is 9.17. The van der Waals surface area contributed by atoms with Crippen molar-refractivity contribution in [1.82, 2.24) is 0 Å². The number of rotatable bonds is 5. The zero-order valence-electron chi connectivity index (χ0n) is 10.3. The minimum Gasteiger partial charge on any atom is -0.478 e. The van der Waals surface area contributed by atoms with Crippen molar-refractivity contribution < 1.29 is 9.90 Å². The molecule has 0 amide bonds. The van der Waals surface area contributed by atoms with Gasteiger partial charge in [-0.3, -0.25) is 0 Å². The number of benzene rings is 1. The number of carboxylic acids is 1. The maximum atomic E-state index is 10.9. The molecule has 0 radical (unpaired) electrons. The van der Waals surface area contributed by atoms with Gasteiger partial charge in [0.15, 0.2) is 0 Å². The van der Waals surface area contributed by atoms with Crippen LogP contribution in [0, 0.1) is 22.7 Å². The zero-order chi connectivity index (χ0) is 13.8. The van der Waals surface area contributed by atoms with Crippen molar-refractivity contribution in [3.05, 3.63) is 29.3 Å². The molecule has 19 heavy (non-hydrogen) atoms. The van der Waals surface area contributed by atoms with Gasteiger partial charge in [0.2, 0.25) is 0 Å². The van der Waals surface area contributed by atoms with Gasteiger partial charge in [-0.05, 0) is 31.0 Å². The summed E-state index contributed by atoms with van der Waals surface area (Å²) in [5.74, 6) is -1.04. The minimum absolute atomic E-state index is 0.108. The van der Waals surface area contributed by atoms with E-state index in [1.165, 1.54) is 12.1 Å². The third-order valence-corrected chi connectivity index (χ3v) is 3.13. The maximum absolute atomic E-state index is 10.9. The van der Waals surface area contributed by atoms with Crippen LogP contribution >= 0.6 is 0 Å². The van der Waals surface area contributed by atoms with Gasteiger partial charge in [-0.15, -0.1) is 0 Å². The molecule has 0 aromatic heterocycles. The third kappa shape index (κ3) is 2.83. The molecule has 1 aliphatic rings. The summed E-state index contributed by atoms with van der Waals surface area (Å²) in [6, 6.07) is 9.07. The van der Waals surface area contributed by atoms with Gasteiger partial charge in [0.25, 0.3) is 0 Å². The Hall–Kier alpha value is -2.53. The standard InChI is InChI=1S/C14H13N3O2/c15-6-1-7-17(12-3-4-12)13-5-2-10(14(18)19)8-11(13)9-16/h2,5,8,12H,1,3-4,7H2,(H,18,19). The predicted molar refractivity (Wildman–Crippen MR) is 68.7 cm³/mol. The maximum Gasteiger partial charge on any atom is 0.335 e. The molecule has 1 aromatic carbocycles. The lowest BCUT2D eigenvalue weighted by atomic mass is 10.1. The Labute approximate surface area is 111 Å². The van der Waals surface area contributed by atoms with Crippen molar-refractivity contribution in [2.75, 3.05) is 11.4 Å². The normalized spacial score (nSPS) is 13.4. The van der Waals surface area contributed by atoms with E-state index in [0.717, 1.165) is 18.5 Å². The molecule has 5 nitrogen and oxygen atoms in total. The summed E-state index contributed by atoms with van der Waals surface area (Å²) in [7, 11) is 0. The number of nitrogens with zero attached hydrogens (tertiary/aromatic N) is 3. The molecule has 96 valence electrons. The molecule has 0 bridgehead atoms. The van der Waals surface area contributed by atoms with E-state index < -0.39 is 5.97 Å². The SMILES string of the molecule is N#CCCN(c1ccc(C(=O)O)cc1C#N)C1CC1. The van der Waals surface area contributed by atoms with Gasteiger partial charge in [-0.1, -0.05) is 0 Å². The molecule has 0 aliphatic heterocycles. The highest BCUT2D eigenvalue weighted by Crippen LogP contribution is 2.33. The molecule has 1 aliphatic carbocycles. The number of anilines is 1. The van der Waals surface area contributed by atoms with E-state index in [9.17, 15) is 4.79 Å². The van der Waals surface area contributed by atoms with E-state index in [1.54, 1.807) is 6.07 Å². The van der Waals surface area contributed by atoms with Crippen molar-refractivity contribution >= 4 is 11.7 Å². The van der Waals surface area contributed by atoms with Crippen LogP contribution in [-0.2, 0) is 0 Å². The topological polar surface area (TPSA) is 88.1 Å². The molecule has 2 rings (SSSR count). The van der Waals surface area contributed by atoms with Crippen molar-refractivity contribution in [1.29, 1.82) is 10.5 Å². The number of carboxylic acid groups (broad SMARTS) is 1. The summed E-state index contributed by atoms with van der Waals surface area (Å²) >= 11 is 0. The molecule has 5 heteroatoms. The number of nitriles is 2. The molecule has 1 N–H and O–H groups in total. The molecule has 0 saturated heterocycles. The molecule has 1 saturated carbocycles. The lowest BCUT2D eigenvalue weighted by Crippen LogP contribution is -2.27. The fourth-order valence-corrected chi connectivity index (χ4v) is 2.07. The molecule has 0 heterocycles. The second-order valence-electron chi connectivity index (χ2n) is 4.48. The van der Waals surface area contributed by atoms with Crippen LogP contribution < -0.4 is 4.90 Å². The van der Waals surface area contributed by atoms with Gasteiger partial charge in [-0.2, -0.15) is 10.5 Å². The van der Waals surface area contributed by atoms with Crippen LogP contribution in [0.2, 0.25) is 0 Å². The molecule has 1 fully saturated rings.